The number of phenols is 2. The molecule has 2 bridgehead atoms. The monoisotopic (exact) mass is 444 g/mol. The number of rotatable bonds is 0. The largest absolute Gasteiger partial charge is 0.507 e. The molecule has 5 aliphatic rings. The minimum Gasteiger partial charge on any atom is -0.507 e. The van der Waals surface area contributed by atoms with Gasteiger partial charge in [0.1, 0.15) is 23.4 Å². The van der Waals surface area contributed by atoms with Gasteiger partial charge in [-0.05, 0) is 49.1 Å². The molecule has 1 saturated heterocycles. The molecular weight excluding hydrogens is 424 g/mol. The first-order chi connectivity index (χ1) is 15.7. The molecule has 4 unspecified atom stereocenters. The molecule has 8 heteroatoms. The first kappa shape index (κ1) is 19.0. The number of carbonyl (C=O) groups is 2. The Labute approximate surface area is 188 Å². The molecule has 0 saturated carbocycles. The standard InChI is InChI=1S/C25H20N2O6/c1-24-9-14(25(33-24)8-10-5-6-26-23(10)27-25)16-13(22(24)32)7-12-18(21(16)31)19(29)11-3-2-4-15(28)17(11)20(12)30/h2-4,7-8,14,22,28,31-32H,5-6,9H2,1H3,(H,26,27). The van der Waals surface area contributed by atoms with Crippen molar-refractivity contribution in [2.75, 3.05) is 6.54 Å². The zero-order chi connectivity index (χ0) is 22.9. The second-order valence-corrected chi connectivity index (χ2v) is 9.65. The van der Waals surface area contributed by atoms with Crippen LogP contribution in [0, 0.1) is 0 Å². The maximum absolute atomic E-state index is 13.4. The van der Waals surface area contributed by atoms with E-state index in [1.165, 1.54) is 24.3 Å². The van der Waals surface area contributed by atoms with E-state index in [4.69, 9.17) is 4.74 Å². The number of nitrogens with one attached hydrogen (secondary N) is 1. The van der Waals surface area contributed by atoms with Crippen LogP contribution in [0.15, 0.2) is 40.9 Å². The lowest BCUT2D eigenvalue weighted by molar-refractivity contribution is -0.133. The van der Waals surface area contributed by atoms with Crippen molar-refractivity contribution in [3.63, 3.8) is 0 Å². The molecule has 3 aliphatic heterocycles. The Morgan fingerprint density at radius 1 is 1.15 bits per heavy atom. The highest BCUT2D eigenvalue weighted by molar-refractivity contribution is 6.30. The van der Waals surface area contributed by atoms with Crippen LogP contribution in [0.25, 0.3) is 0 Å². The molecule has 166 valence electrons. The lowest BCUT2D eigenvalue weighted by atomic mass is 9.69. The maximum atomic E-state index is 13.4. The summed E-state index contributed by atoms with van der Waals surface area (Å²) >= 11 is 0. The normalized spacial score (nSPS) is 32.7. The number of benzene rings is 2. The van der Waals surface area contributed by atoms with E-state index in [9.17, 15) is 24.9 Å². The van der Waals surface area contributed by atoms with Gasteiger partial charge in [-0.2, -0.15) is 0 Å². The van der Waals surface area contributed by atoms with E-state index in [0.717, 1.165) is 17.8 Å². The van der Waals surface area contributed by atoms with E-state index in [-0.39, 0.29) is 33.8 Å². The molecule has 2 aliphatic carbocycles. The van der Waals surface area contributed by atoms with E-state index in [1.54, 1.807) is 0 Å². The van der Waals surface area contributed by atoms with Crippen LogP contribution in [-0.4, -0.2) is 50.6 Å². The number of fused-ring (bicyclic) bond motifs is 8. The molecule has 4 atom stereocenters. The maximum Gasteiger partial charge on any atom is 0.198 e. The highest BCUT2D eigenvalue weighted by Crippen LogP contribution is 2.62. The molecular formula is C25H20N2O6. The number of ketones is 2. The third kappa shape index (κ3) is 2.11. The van der Waals surface area contributed by atoms with Crippen molar-refractivity contribution in [2.24, 2.45) is 4.99 Å². The number of aliphatic hydroxyl groups excluding tert-OH is 1. The molecule has 1 spiro atoms. The molecule has 0 amide bonds. The fourth-order valence-electron chi connectivity index (χ4n) is 6.30. The van der Waals surface area contributed by atoms with E-state index < -0.39 is 34.9 Å². The number of amidine groups is 1. The van der Waals surface area contributed by atoms with Crippen molar-refractivity contribution in [1.82, 2.24) is 5.32 Å². The summed E-state index contributed by atoms with van der Waals surface area (Å²) in [5.74, 6) is -1.35. The minimum atomic E-state index is -1.13. The van der Waals surface area contributed by atoms with E-state index in [1.807, 2.05) is 13.0 Å². The molecule has 1 fully saturated rings. The lowest BCUT2D eigenvalue weighted by Crippen LogP contribution is -2.46. The Hall–Kier alpha value is -3.49. The van der Waals surface area contributed by atoms with Gasteiger partial charge in [-0.15, -0.1) is 0 Å². The molecule has 4 N–H and O–H groups in total. The zero-order valence-corrected chi connectivity index (χ0v) is 17.7. The highest BCUT2D eigenvalue weighted by Gasteiger charge is 2.63. The van der Waals surface area contributed by atoms with E-state index in [0.29, 0.717) is 24.1 Å². The van der Waals surface area contributed by atoms with Gasteiger partial charge < -0.3 is 25.4 Å². The minimum absolute atomic E-state index is 0.0257. The number of phenolic OH excluding ortho intramolecular Hbond substituents is 2. The Bertz CT molecular complexity index is 1410. The van der Waals surface area contributed by atoms with Crippen molar-refractivity contribution in [3.05, 3.63) is 69.3 Å². The van der Waals surface area contributed by atoms with Crippen LogP contribution < -0.4 is 5.32 Å². The number of nitrogens with zero attached hydrogens (tertiary/aromatic N) is 1. The van der Waals surface area contributed by atoms with Crippen LogP contribution in [0.3, 0.4) is 0 Å². The number of ether oxygens (including phenoxy) is 1. The Morgan fingerprint density at radius 3 is 2.73 bits per heavy atom. The van der Waals surface area contributed by atoms with Gasteiger partial charge in [0.25, 0.3) is 0 Å². The van der Waals surface area contributed by atoms with Crippen molar-refractivity contribution < 1.29 is 29.6 Å². The van der Waals surface area contributed by atoms with Crippen LogP contribution in [0.5, 0.6) is 11.5 Å². The molecule has 0 radical (unpaired) electrons. The predicted molar refractivity (Wildman–Crippen MR) is 116 cm³/mol. The van der Waals surface area contributed by atoms with Crippen LogP contribution in [-0.2, 0) is 4.74 Å². The number of aliphatic imine (C=N–C) groups is 1. The van der Waals surface area contributed by atoms with Gasteiger partial charge in [0.2, 0.25) is 0 Å². The molecule has 33 heavy (non-hydrogen) atoms. The molecule has 0 aromatic heterocycles. The Kier molecular flexibility index (Phi) is 3.29. The summed E-state index contributed by atoms with van der Waals surface area (Å²) in [7, 11) is 0. The summed E-state index contributed by atoms with van der Waals surface area (Å²) < 4.78 is 6.47. The third-order valence-corrected chi connectivity index (χ3v) is 7.77. The van der Waals surface area contributed by atoms with E-state index in [2.05, 4.69) is 10.3 Å². The predicted octanol–water partition coefficient (Wildman–Crippen LogP) is 2.21. The lowest BCUT2D eigenvalue weighted by Gasteiger charge is -2.35. The summed E-state index contributed by atoms with van der Waals surface area (Å²) in [4.78, 5) is 31.1. The topological polar surface area (TPSA) is 128 Å². The highest BCUT2D eigenvalue weighted by atomic mass is 16.6. The van der Waals surface area contributed by atoms with Gasteiger partial charge in [0.05, 0.1) is 16.7 Å². The number of hydrogen-bond acceptors (Lipinski definition) is 8. The molecule has 8 nitrogen and oxygen atoms in total. The van der Waals surface area contributed by atoms with Gasteiger partial charge >= 0.3 is 0 Å². The summed E-state index contributed by atoms with van der Waals surface area (Å²) in [6.07, 6.45) is 2.05. The molecule has 2 aromatic carbocycles. The number of hydrogen-bond donors (Lipinski definition) is 4. The van der Waals surface area contributed by atoms with Gasteiger partial charge in [0, 0.05) is 29.2 Å². The van der Waals surface area contributed by atoms with Gasteiger partial charge in [-0.3, -0.25) is 14.6 Å². The smallest absolute Gasteiger partial charge is 0.198 e. The second kappa shape index (κ2) is 5.70. The Morgan fingerprint density at radius 2 is 1.94 bits per heavy atom. The van der Waals surface area contributed by atoms with Crippen molar-refractivity contribution in [3.8, 4) is 11.5 Å². The summed E-state index contributed by atoms with van der Waals surface area (Å²) in [6, 6.07) is 5.78. The van der Waals surface area contributed by atoms with Crippen molar-refractivity contribution in [1.29, 1.82) is 0 Å². The Balaban J connectivity index is 1.48. The van der Waals surface area contributed by atoms with Crippen molar-refractivity contribution >= 4 is 17.4 Å². The molecule has 7 rings (SSSR count). The van der Waals surface area contributed by atoms with Crippen LogP contribution in [0.2, 0.25) is 0 Å². The fourth-order valence-corrected chi connectivity index (χ4v) is 6.30. The summed E-state index contributed by atoms with van der Waals surface area (Å²) in [5, 5.41) is 36.4. The summed E-state index contributed by atoms with van der Waals surface area (Å²) in [6.45, 7) is 2.51. The van der Waals surface area contributed by atoms with Crippen LogP contribution in [0.1, 0.15) is 74.8 Å². The van der Waals surface area contributed by atoms with Crippen LogP contribution in [0.4, 0.5) is 0 Å². The number of carbonyl (C=O) groups excluding carboxylic acids is 2. The van der Waals surface area contributed by atoms with Gasteiger partial charge in [-0.1, -0.05) is 12.1 Å². The van der Waals surface area contributed by atoms with Gasteiger partial charge in [0.15, 0.2) is 17.3 Å². The molecule has 2 aromatic rings. The zero-order valence-electron chi connectivity index (χ0n) is 17.7. The first-order valence-corrected chi connectivity index (χ1v) is 11.0. The van der Waals surface area contributed by atoms with Gasteiger partial charge in [-0.25, -0.2) is 0 Å². The number of aromatic hydroxyl groups is 2. The quantitative estimate of drug-likeness (QED) is 0.418. The second-order valence-electron chi connectivity index (χ2n) is 9.65. The van der Waals surface area contributed by atoms with E-state index >= 15 is 0 Å². The number of aliphatic hydroxyl groups is 1. The van der Waals surface area contributed by atoms with Crippen molar-refractivity contribution in [2.45, 2.75) is 43.1 Å². The fraction of sp³-hybridized carbons (Fsp3) is 0.320. The summed E-state index contributed by atoms with van der Waals surface area (Å²) in [5.41, 5.74) is -0.328. The SMILES string of the molecule is CC12CC(c3c(cc4c(c3O)C(=O)c3cccc(O)c3C4=O)C1O)C1(C=C3CCN=C3N1)O2. The third-order valence-electron chi connectivity index (χ3n) is 7.77. The average molecular weight is 444 g/mol. The average Bonchev–Trinajstić information content (AvgIpc) is 3.41. The first-order valence-electron chi connectivity index (χ1n) is 11.0. The molecule has 3 heterocycles. The van der Waals surface area contributed by atoms with Crippen LogP contribution >= 0.6 is 0 Å².